The first-order valence-electron chi connectivity index (χ1n) is 5.43. The van der Waals surface area contributed by atoms with Gasteiger partial charge in [0.2, 0.25) is 0 Å². The number of nitrogens with zero attached hydrogens (tertiary/aromatic N) is 1. The third kappa shape index (κ3) is 3.19. The van der Waals surface area contributed by atoms with Crippen molar-refractivity contribution >= 4 is 22.4 Å². The molecular formula is C14H9ClFNOS. The summed E-state index contributed by atoms with van der Waals surface area (Å²) in [6.07, 6.45) is 0. The SMILES string of the molecule is N#Cc1ccc(F)cc1CS(=O)c1ccccc1Cl. The van der Waals surface area contributed by atoms with E-state index in [2.05, 4.69) is 0 Å². The molecule has 0 fully saturated rings. The number of rotatable bonds is 3. The van der Waals surface area contributed by atoms with Gasteiger partial charge in [0.25, 0.3) is 0 Å². The van der Waals surface area contributed by atoms with E-state index in [0.29, 0.717) is 21.0 Å². The number of hydrogen-bond donors (Lipinski definition) is 0. The summed E-state index contributed by atoms with van der Waals surface area (Å²) in [6, 6.07) is 12.6. The van der Waals surface area contributed by atoms with Crippen molar-refractivity contribution in [2.75, 3.05) is 0 Å². The molecule has 0 aliphatic rings. The Labute approximate surface area is 117 Å². The molecule has 1 unspecified atom stereocenters. The Hall–Kier alpha value is -1.70. The van der Waals surface area contributed by atoms with Crippen LogP contribution >= 0.6 is 11.6 Å². The monoisotopic (exact) mass is 293 g/mol. The molecule has 0 bridgehead atoms. The third-order valence-corrected chi connectivity index (χ3v) is 4.42. The van der Waals surface area contributed by atoms with E-state index >= 15 is 0 Å². The van der Waals surface area contributed by atoms with Crippen molar-refractivity contribution in [2.24, 2.45) is 0 Å². The largest absolute Gasteiger partial charge is 0.254 e. The van der Waals surface area contributed by atoms with Gasteiger partial charge in [0.05, 0.1) is 38.1 Å². The number of nitriles is 1. The lowest BCUT2D eigenvalue weighted by atomic mass is 10.1. The standard InChI is InChI=1S/C14H9ClFNOS/c15-13-3-1-2-4-14(13)19(18)9-11-7-12(16)6-5-10(11)8-17/h1-7H,9H2. The highest BCUT2D eigenvalue weighted by Gasteiger charge is 2.12. The second-order valence-electron chi connectivity index (χ2n) is 3.83. The minimum Gasteiger partial charge on any atom is -0.254 e. The Morgan fingerprint density at radius 2 is 2.00 bits per heavy atom. The highest BCUT2D eigenvalue weighted by molar-refractivity contribution is 7.84. The molecule has 0 amide bonds. The zero-order chi connectivity index (χ0) is 13.8. The van der Waals surface area contributed by atoms with E-state index in [1.165, 1.54) is 18.2 Å². The Morgan fingerprint density at radius 1 is 1.26 bits per heavy atom. The van der Waals surface area contributed by atoms with Gasteiger partial charge in [-0.15, -0.1) is 0 Å². The van der Waals surface area contributed by atoms with E-state index in [1.54, 1.807) is 24.3 Å². The van der Waals surface area contributed by atoms with Crippen molar-refractivity contribution in [3.05, 3.63) is 64.4 Å². The summed E-state index contributed by atoms with van der Waals surface area (Å²) in [4.78, 5) is 0.484. The second-order valence-corrected chi connectivity index (χ2v) is 5.66. The second kappa shape index (κ2) is 5.96. The van der Waals surface area contributed by atoms with Gasteiger partial charge < -0.3 is 0 Å². The minimum atomic E-state index is -1.42. The number of hydrogen-bond acceptors (Lipinski definition) is 2. The van der Waals surface area contributed by atoms with Crippen molar-refractivity contribution in [1.29, 1.82) is 5.26 Å². The van der Waals surface area contributed by atoms with Crippen LogP contribution in [0.2, 0.25) is 5.02 Å². The molecule has 0 heterocycles. The van der Waals surface area contributed by atoms with Gasteiger partial charge in [0.1, 0.15) is 5.82 Å². The molecule has 2 aromatic rings. The maximum atomic E-state index is 13.2. The highest BCUT2D eigenvalue weighted by Crippen LogP contribution is 2.22. The molecule has 0 aromatic heterocycles. The smallest absolute Gasteiger partial charge is 0.123 e. The van der Waals surface area contributed by atoms with E-state index in [1.807, 2.05) is 6.07 Å². The Bertz CT molecular complexity index is 681. The van der Waals surface area contributed by atoms with E-state index in [-0.39, 0.29) is 5.75 Å². The summed E-state index contributed by atoms with van der Waals surface area (Å²) in [5, 5.41) is 9.35. The van der Waals surface area contributed by atoms with E-state index in [4.69, 9.17) is 16.9 Å². The fourth-order valence-electron chi connectivity index (χ4n) is 1.64. The van der Waals surface area contributed by atoms with Crippen molar-refractivity contribution in [1.82, 2.24) is 0 Å². The lowest BCUT2D eigenvalue weighted by Gasteiger charge is -2.06. The van der Waals surface area contributed by atoms with E-state index < -0.39 is 16.6 Å². The Balaban J connectivity index is 2.32. The normalized spacial score (nSPS) is 11.8. The van der Waals surface area contributed by atoms with Crippen LogP contribution in [0.1, 0.15) is 11.1 Å². The van der Waals surface area contributed by atoms with Crippen molar-refractivity contribution < 1.29 is 8.60 Å². The van der Waals surface area contributed by atoms with Crippen LogP contribution in [0.3, 0.4) is 0 Å². The Kier molecular flexibility index (Phi) is 4.31. The summed E-state index contributed by atoms with van der Waals surface area (Å²) in [5.74, 6) is -0.394. The van der Waals surface area contributed by atoms with Crippen molar-refractivity contribution in [3.63, 3.8) is 0 Å². The molecule has 0 saturated heterocycles. The maximum Gasteiger partial charge on any atom is 0.123 e. The molecule has 0 radical (unpaired) electrons. The van der Waals surface area contributed by atoms with Crippen molar-refractivity contribution in [3.8, 4) is 6.07 Å². The summed E-state index contributed by atoms with van der Waals surface area (Å²) >= 11 is 5.96. The van der Waals surface area contributed by atoms with Crippen LogP contribution in [0.5, 0.6) is 0 Å². The van der Waals surface area contributed by atoms with Crippen LogP contribution in [0, 0.1) is 17.1 Å². The van der Waals surface area contributed by atoms with Gasteiger partial charge in [0.15, 0.2) is 0 Å². The lowest BCUT2D eigenvalue weighted by Crippen LogP contribution is -2.00. The first-order chi connectivity index (χ1) is 9.11. The quantitative estimate of drug-likeness (QED) is 0.866. The molecule has 2 aromatic carbocycles. The van der Waals surface area contributed by atoms with Gasteiger partial charge >= 0.3 is 0 Å². The number of benzene rings is 2. The van der Waals surface area contributed by atoms with Crippen molar-refractivity contribution in [2.45, 2.75) is 10.6 Å². The first-order valence-corrected chi connectivity index (χ1v) is 7.13. The van der Waals surface area contributed by atoms with Crippen LogP contribution in [-0.2, 0) is 16.6 Å². The van der Waals surface area contributed by atoms with E-state index in [0.717, 1.165) is 0 Å². The molecular weight excluding hydrogens is 285 g/mol. The fraction of sp³-hybridized carbons (Fsp3) is 0.0714. The topological polar surface area (TPSA) is 40.9 Å². The molecule has 96 valence electrons. The van der Waals surface area contributed by atoms with Crippen LogP contribution in [0.15, 0.2) is 47.4 Å². The average molecular weight is 294 g/mol. The molecule has 0 aliphatic carbocycles. The van der Waals surface area contributed by atoms with Gasteiger partial charge in [-0.05, 0) is 35.9 Å². The van der Waals surface area contributed by atoms with Crippen LogP contribution in [0.25, 0.3) is 0 Å². The molecule has 2 nitrogen and oxygen atoms in total. The molecule has 19 heavy (non-hydrogen) atoms. The maximum absolute atomic E-state index is 13.2. The predicted molar refractivity (Wildman–Crippen MR) is 72.7 cm³/mol. The zero-order valence-electron chi connectivity index (χ0n) is 9.77. The van der Waals surface area contributed by atoms with Gasteiger partial charge in [-0.3, -0.25) is 4.21 Å². The predicted octanol–water partition coefficient (Wildman–Crippen LogP) is 3.66. The van der Waals surface area contributed by atoms with Crippen LogP contribution in [0.4, 0.5) is 4.39 Å². The van der Waals surface area contributed by atoms with Crippen LogP contribution < -0.4 is 0 Å². The van der Waals surface area contributed by atoms with Gasteiger partial charge in [-0.25, -0.2) is 4.39 Å². The zero-order valence-corrected chi connectivity index (χ0v) is 11.3. The lowest BCUT2D eigenvalue weighted by molar-refractivity contribution is 0.626. The molecule has 1 atom stereocenters. The summed E-state index contributed by atoms with van der Waals surface area (Å²) < 4.78 is 25.4. The van der Waals surface area contributed by atoms with Crippen LogP contribution in [-0.4, -0.2) is 4.21 Å². The Morgan fingerprint density at radius 3 is 2.68 bits per heavy atom. The molecule has 0 aliphatic heterocycles. The summed E-state index contributed by atoms with van der Waals surface area (Å²) in [5.41, 5.74) is 0.738. The van der Waals surface area contributed by atoms with Gasteiger partial charge in [-0.1, -0.05) is 23.7 Å². The summed E-state index contributed by atoms with van der Waals surface area (Å²) in [7, 11) is -1.42. The minimum absolute atomic E-state index is 0.0599. The molecule has 0 saturated carbocycles. The molecule has 0 spiro atoms. The number of halogens is 2. The molecule has 0 N–H and O–H groups in total. The first kappa shape index (κ1) is 13.7. The highest BCUT2D eigenvalue weighted by atomic mass is 35.5. The fourth-order valence-corrected chi connectivity index (χ4v) is 3.23. The molecule has 5 heteroatoms. The third-order valence-electron chi connectivity index (χ3n) is 2.56. The average Bonchev–Trinajstić information content (AvgIpc) is 2.39. The molecule has 2 rings (SSSR count). The van der Waals surface area contributed by atoms with E-state index in [9.17, 15) is 8.60 Å². The van der Waals surface area contributed by atoms with Gasteiger partial charge in [-0.2, -0.15) is 5.26 Å². The van der Waals surface area contributed by atoms with Gasteiger partial charge in [0, 0.05) is 0 Å². The summed E-state index contributed by atoms with van der Waals surface area (Å²) in [6.45, 7) is 0.